The van der Waals surface area contributed by atoms with Gasteiger partial charge < -0.3 is 49.9 Å². The monoisotopic (exact) mass is 1820 g/mol. The fraction of sp³-hybridized carbons (Fsp3) is 0.151. The Kier molecular flexibility index (Phi) is 26.9. The van der Waals surface area contributed by atoms with E-state index in [0.717, 1.165) is 36.4 Å². The van der Waals surface area contributed by atoms with Gasteiger partial charge in [-0.15, -0.1) is 0 Å². The molecule has 4 atom stereocenters. The Morgan fingerprint density at radius 2 is 0.786 bits per heavy atom. The van der Waals surface area contributed by atoms with Gasteiger partial charge in [-0.1, -0.05) is 41.7 Å². The van der Waals surface area contributed by atoms with Gasteiger partial charge in [0.2, 0.25) is 5.95 Å². The molecule has 38 nitrogen and oxygen atoms in total. The van der Waals surface area contributed by atoms with E-state index in [1.165, 1.54) is 61.3 Å². The van der Waals surface area contributed by atoms with Crippen LogP contribution in [0, 0.1) is 108 Å². The van der Waals surface area contributed by atoms with Crippen molar-refractivity contribution in [3.63, 3.8) is 0 Å². The number of nitriles is 5. The number of hydrogen-bond acceptors (Lipinski definition) is 34. The van der Waals surface area contributed by atoms with Gasteiger partial charge in [-0.2, -0.15) is 31.3 Å². The lowest BCUT2D eigenvalue weighted by Crippen LogP contribution is -2.29. The number of anilines is 9. The number of rotatable bonds is 17. The minimum absolute atomic E-state index is 0.00684. The molecular weight excluding hydrogens is 1760 g/mol. The summed E-state index contributed by atoms with van der Waals surface area (Å²) >= 11 is 18.7. The zero-order valence-electron chi connectivity index (χ0n) is 69.6. The van der Waals surface area contributed by atoms with Crippen molar-refractivity contribution in [2.24, 2.45) is 0 Å². The lowest BCUT2D eigenvalue weighted by molar-refractivity contribution is 0.624. The highest BCUT2D eigenvalue weighted by Crippen LogP contribution is 2.35. The first-order valence-electron chi connectivity index (χ1n) is 38.8. The minimum atomic E-state index is -0.722. The third-order valence-electron chi connectivity index (χ3n) is 19.6. The molecule has 0 saturated carbocycles. The summed E-state index contributed by atoms with van der Waals surface area (Å²) in [5, 5.41) is 59.8. The molecule has 16 rings (SSSR count). The van der Waals surface area contributed by atoms with Crippen molar-refractivity contribution in [1.29, 1.82) is 26.3 Å². The van der Waals surface area contributed by atoms with Gasteiger partial charge in [-0.05, 0) is 152 Å². The minimum Gasteiger partial charge on any atom is -0.384 e. The van der Waals surface area contributed by atoms with Crippen LogP contribution in [0.5, 0.6) is 0 Å². The van der Waals surface area contributed by atoms with E-state index in [1.54, 1.807) is 110 Å². The van der Waals surface area contributed by atoms with Crippen LogP contribution in [0.2, 0.25) is 15.1 Å². The summed E-state index contributed by atoms with van der Waals surface area (Å²) in [5.41, 5.74) is 28.9. The summed E-state index contributed by atoms with van der Waals surface area (Å²) in [7, 11) is 0. The van der Waals surface area contributed by atoms with E-state index in [4.69, 9.17) is 63.5 Å². The zero-order chi connectivity index (χ0) is 94.2. The third kappa shape index (κ3) is 18.8. The Labute approximate surface area is 752 Å². The fourth-order valence-electron chi connectivity index (χ4n) is 13.7. The predicted octanol–water partition coefficient (Wildman–Crippen LogP) is 12.4. The topological polar surface area (TPSA) is 591 Å². The van der Waals surface area contributed by atoms with Crippen molar-refractivity contribution >= 4 is 131 Å². The molecule has 654 valence electrons. The van der Waals surface area contributed by atoms with Crippen molar-refractivity contribution in [3.05, 3.63) is 294 Å². The predicted molar refractivity (Wildman–Crippen MR) is 481 cm³/mol. The number of nitrogens with one attached hydrogen (secondary N) is 4. The summed E-state index contributed by atoms with van der Waals surface area (Å²) in [6.45, 7) is 13.5. The van der Waals surface area contributed by atoms with Crippen molar-refractivity contribution < 1.29 is 17.6 Å². The molecule has 0 fully saturated rings. The van der Waals surface area contributed by atoms with Crippen LogP contribution in [-0.2, 0) is 0 Å². The lowest BCUT2D eigenvalue weighted by atomic mass is 10.1. The number of halogens is 7. The average molecular weight is 1820 g/mol. The highest BCUT2D eigenvalue weighted by atomic mass is 35.5. The molecule has 0 aliphatic heterocycles. The second-order valence-corrected chi connectivity index (χ2v) is 29.7. The molecule has 4 aromatic carbocycles. The molecule has 0 aliphatic carbocycles. The smallest absolute Gasteiger partial charge is 0.267 e. The van der Waals surface area contributed by atoms with Gasteiger partial charge in [0, 0.05) is 18.6 Å². The Balaban J connectivity index is 0.000000149. The van der Waals surface area contributed by atoms with Gasteiger partial charge in [-0.25, -0.2) is 77.4 Å². The van der Waals surface area contributed by atoms with E-state index in [1.807, 2.05) is 37.3 Å². The number of nitrogen functional groups attached to an aromatic ring is 5. The largest absolute Gasteiger partial charge is 0.384 e. The number of hydrogen-bond donors (Lipinski definition) is 9. The van der Waals surface area contributed by atoms with Gasteiger partial charge in [0.15, 0.2) is 17.5 Å². The highest BCUT2D eigenvalue weighted by molar-refractivity contribution is 6.36. The highest BCUT2D eigenvalue weighted by Gasteiger charge is 2.30. The molecular formula is C86H67Cl3F4N34O4. The molecule has 0 unspecified atom stereocenters. The fourth-order valence-corrected chi connectivity index (χ4v) is 14.4. The van der Waals surface area contributed by atoms with E-state index < -0.39 is 69.7 Å². The van der Waals surface area contributed by atoms with Gasteiger partial charge in [0.25, 0.3) is 22.2 Å². The van der Waals surface area contributed by atoms with Gasteiger partial charge in [-0.3, -0.25) is 52.4 Å². The molecule has 0 amide bonds. The first-order valence-corrected chi connectivity index (χ1v) is 39.9. The second-order valence-electron chi connectivity index (χ2n) is 28.4. The number of nitrogens with two attached hydrogens (primary N) is 5. The van der Waals surface area contributed by atoms with Crippen LogP contribution in [-0.4, -0.2) is 98.0 Å². The van der Waals surface area contributed by atoms with Gasteiger partial charge in [0.1, 0.15) is 157 Å². The van der Waals surface area contributed by atoms with Crippen LogP contribution in [0.3, 0.4) is 0 Å². The van der Waals surface area contributed by atoms with Crippen LogP contribution in [0.25, 0.3) is 66.4 Å². The molecule has 16 aromatic rings. The summed E-state index contributed by atoms with van der Waals surface area (Å²) in [5.74, 6) is 0.0698. The van der Waals surface area contributed by atoms with Crippen molar-refractivity contribution in [3.8, 4) is 53.1 Å². The molecule has 45 heteroatoms. The van der Waals surface area contributed by atoms with Crippen molar-refractivity contribution in [1.82, 2.24) is 98.0 Å². The van der Waals surface area contributed by atoms with Gasteiger partial charge >= 0.3 is 0 Å². The standard InChI is InChI=1S/C22H18ClFN8O.C22H16FN9O.C21H17ClFN9O.C21H16ClFN8O/c1-3-16(30-20-13(9-25)19(26)28-11(2)29-20)21-31-18-15(24)7-6-14(23)17(18)22(33)32(21)12-5-4-8-27-10-12;1-11-17(9-25)19(31-22(26)29-11)28-12(2)20-30-18-13(8-24)6-14(23)7-16(18)21(33)32(20)15-4-3-5-27-10-15;1-9(28-19-14(7-24)18(26)29-10(2)30-19)20-31-17-13(5-11(23)6-15(17)22)21(33)32(20)12-3-4-16(25)27-8-12;1-10(27-19-13(8-24)18(25)28-11(2)29-19)20-30-17-15(23)6-5-14(22)16(17)21(32)31(20)12-4-3-7-26-9-12/h4-8,10,16H,3H2,1-2H3,(H3,26,28,29,30);3-7,10,12H,1-2H3,(H3,26,28,29,31);3-6,8-9H,1-2H3,(H2,25,27)(H3,26,28,29,30);3-7,9-10H,1-2H3,(H3,25,27,28,29)/t16-;12-;9-;10-/m0000/s1. The Morgan fingerprint density at radius 3 is 1.19 bits per heavy atom. The number of nitrogens with zero attached hydrogens (tertiary/aromatic N) is 25. The van der Waals surface area contributed by atoms with Crippen LogP contribution < -0.4 is 72.2 Å². The third-order valence-corrected chi connectivity index (χ3v) is 20.5. The SMILES string of the molecule is CC[C@H](Nc1nc(C)nc(N)c1C#N)c1nc2c(F)ccc(Cl)c2c(=O)n1-c1cccnc1.Cc1nc(N)c(C#N)c(N[C@@H](C)c2nc3c(Cl)cc(F)cc3c(=O)n2-c2ccc(N)nc2)n1.Cc1nc(N)c(C#N)c(N[C@@H](C)c2nc3c(F)ccc(Cl)c3c(=O)n2-c2cccnc2)n1.Cc1nc(N)nc(N[C@@H](C)c2nc3c(C#N)cc(F)cc3c(=O)n2-c2cccnc2)c1C#N. The molecule has 0 bridgehead atoms. The molecule has 14 N–H and O–H groups in total. The lowest BCUT2D eigenvalue weighted by Gasteiger charge is -2.23. The number of aryl methyl sites for hydroxylation is 4. The summed E-state index contributed by atoms with van der Waals surface area (Å²) in [6.07, 6.45) is 10.9. The molecule has 12 heterocycles. The van der Waals surface area contributed by atoms with E-state index in [9.17, 15) is 63.0 Å². The summed E-state index contributed by atoms with van der Waals surface area (Å²) in [4.78, 5) is 121. The maximum atomic E-state index is 14.7. The van der Waals surface area contributed by atoms with E-state index in [2.05, 4.69) is 101 Å². The van der Waals surface area contributed by atoms with Crippen molar-refractivity contribution in [2.75, 3.05) is 49.9 Å². The zero-order valence-corrected chi connectivity index (χ0v) is 71.9. The maximum absolute atomic E-state index is 14.7. The quantitative estimate of drug-likeness (QED) is 0.0382. The van der Waals surface area contributed by atoms with Crippen LogP contribution >= 0.6 is 34.8 Å². The van der Waals surface area contributed by atoms with E-state index in [-0.39, 0.29) is 162 Å². The summed E-state index contributed by atoms with van der Waals surface area (Å²) in [6, 6.07) is 29.3. The van der Waals surface area contributed by atoms with E-state index >= 15 is 0 Å². The second kappa shape index (κ2) is 38.6. The van der Waals surface area contributed by atoms with E-state index in [0.29, 0.717) is 52.3 Å². The maximum Gasteiger partial charge on any atom is 0.267 e. The molecule has 0 saturated heterocycles. The number of aromatic nitrogens is 20. The number of pyridine rings is 4. The average Bonchev–Trinajstić information content (AvgIpc) is 0.756. The summed E-state index contributed by atoms with van der Waals surface area (Å²) < 4.78 is 62.6. The van der Waals surface area contributed by atoms with Crippen LogP contribution in [0.4, 0.5) is 70.1 Å². The van der Waals surface area contributed by atoms with Crippen LogP contribution in [0.1, 0.15) is 133 Å². The first kappa shape index (κ1) is 91.3. The molecule has 131 heavy (non-hydrogen) atoms. The Bertz CT molecular complexity index is 7760. The van der Waals surface area contributed by atoms with Crippen molar-refractivity contribution in [2.45, 2.75) is 86.0 Å². The molecule has 0 aliphatic rings. The van der Waals surface area contributed by atoms with Crippen LogP contribution in [0.15, 0.2) is 160 Å². The molecule has 12 aromatic heterocycles. The normalized spacial score (nSPS) is 11.8. The number of fused-ring (bicyclic) bond motifs is 4. The first-order chi connectivity index (χ1) is 62.7. The van der Waals surface area contributed by atoms with Gasteiger partial charge in [0.05, 0.1) is 131 Å². The Hall–Kier alpha value is -17.4. The molecule has 0 radical (unpaired) electrons. The molecule has 0 spiro atoms. The Morgan fingerprint density at radius 1 is 0.405 bits per heavy atom. The number of benzene rings is 4.